The summed E-state index contributed by atoms with van der Waals surface area (Å²) in [4.78, 5) is 16.4. The van der Waals surface area contributed by atoms with Crippen molar-refractivity contribution < 1.29 is 23.8 Å². The summed E-state index contributed by atoms with van der Waals surface area (Å²) in [5.41, 5.74) is 2.72. The van der Waals surface area contributed by atoms with Gasteiger partial charge in [-0.25, -0.2) is 0 Å². The van der Waals surface area contributed by atoms with E-state index in [1.807, 2.05) is 6.92 Å². The lowest BCUT2D eigenvalue weighted by Crippen LogP contribution is -2.32. The van der Waals surface area contributed by atoms with E-state index in [1.54, 1.807) is 48.5 Å². The van der Waals surface area contributed by atoms with Crippen molar-refractivity contribution >= 4 is 46.4 Å². The predicted molar refractivity (Wildman–Crippen MR) is 131 cm³/mol. The topological polar surface area (TPSA) is 95.3 Å². The molecular weight excluding hydrogens is 473 g/mol. The first kappa shape index (κ1) is 23.6. The summed E-state index contributed by atoms with van der Waals surface area (Å²) in [6.07, 6.45) is 8.53. The standard InChI is InChI=1S/C25H21ClN3O4P/c1-4-17-10-16(2)11-20(12-17)34(32,33-3)24-21-13-19(26)7-8-22(21)28-23(24)25(30)27-14-18-6-5-9-29(31)15-18/h1,5-13,15H,14H2,2-3H3,(H2-,27,28,30,31,32)/p+1. The summed E-state index contributed by atoms with van der Waals surface area (Å²) < 4.78 is 21.0. The molecule has 0 radical (unpaired) electrons. The Morgan fingerprint density at radius 2 is 2.09 bits per heavy atom. The lowest BCUT2D eigenvalue weighted by molar-refractivity contribution is -0.905. The monoisotopic (exact) mass is 494 g/mol. The van der Waals surface area contributed by atoms with Gasteiger partial charge in [0.25, 0.3) is 13.3 Å². The van der Waals surface area contributed by atoms with Gasteiger partial charge in [0.15, 0.2) is 0 Å². The Balaban J connectivity index is 1.87. The number of nitrogens with one attached hydrogen (secondary N) is 2. The van der Waals surface area contributed by atoms with Crippen LogP contribution in [0.2, 0.25) is 5.02 Å². The number of benzene rings is 2. The quantitative estimate of drug-likeness (QED) is 0.166. The number of aryl methyl sites for hydroxylation is 1. The Morgan fingerprint density at radius 3 is 2.79 bits per heavy atom. The van der Waals surface area contributed by atoms with E-state index in [0.29, 0.717) is 32.4 Å². The van der Waals surface area contributed by atoms with Crippen LogP contribution < -0.4 is 20.7 Å². The molecule has 0 aliphatic carbocycles. The summed E-state index contributed by atoms with van der Waals surface area (Å²) in [6, 6.07) is 13.6. The number of carbonyl (C=O) groups is 1. The fourth-order valence-corrected chi connectivity index (χ4v) is 6.31. The Morgan fingerprint density at radius 1 is 1.29 bits per heavy atom. The first-order chi connectivity index (χ1) is 16.2. The molecule has 0 saturated carbocycles. The molecule has 4 aromatic rings. The summed E-state index contributed by atoms with van der Waals surface area (Å²) >= 11 is 6.25. The molecule has 1 atom stereocenters. The zero-order valence-corrected chi connectivity index (χ0v) is 20.2. The normalized spacial score (nSPS) is 12.8. The first-order valence-corrected chi connectivity index (χ1v) is 12.3. The molecular formula is C25H22ClN3O4P+. The number of carbonyl (C=O) groups excluding carboxylic acids is 1. The van der Waals surface area contributed by atoms with Crippen LogP contribution >= 0.6 is 19.0 Å². The molecule has 0 spiro atoms. The van der Waals surface area contributed by atoms with E-state index >= 15 is 0 Å². The smallest absolute Gasteiger partial charge is 0.268 e. The number of rotatable bonds is 6. The van der Waals surface area contributed by atoms with Crippen LogP contribution in [0.25, 0.3) is 10.9 Å². The zero-order chi connectivity index (χ0) is 24.5. The zero-order valence-electron chi connectivity index (χ0n) is 18.5. The van der Waals surface area contributed by atoms with Crippen LogP contribution in [0.15, 0.2) is 60.9 Å². The third-order valence-corrected chi connectivity index (χ3v) is 8.12. The van der Waals surface area contributed by atoms with Crippen molar-refractivity contribution in [2.45, 2.75) is 13.5 Å². The molecule has 34 heavy (non-hydrogen) atoms. The van der Waals surface area contributed by atoms with E-state index in [0.717, 1.165) is 10.3 Å². The molecule has 0 bridgehead atoms. The molecule has 2 heterocycles. The molecule has 1 unspecified atom stereocenters. The number of pyridine rings is 1. The predicted octanol–water partition coefficient (Wildman–Crippen LogP) is 3.44. The Kier molecular flexibility index (Phi) is 6.49. The first-order valence-electron chi connectivity index (χ1n) is 10.3. The van der Waals surface area contributed by atoms with Crippen LogP contribution in [0.5, 0.6) is 0 Å². The molecule has 2 aromatic heterocycles. The number of aromatic nitrogens is 2. The largest absolute Gasteiger partial charge is 0.350 e. The minimum Gasteiger partial charge on any atom is -0.350 e. The van der Waals surface area contributed by atoms with Gasteiger partial charge in [-0.2, -0.15) is 0 Å². The number of nitrogens with zero attached hydrogens (tertiary/aromatic N) is 1. The molecule has 0 aliphatic rings. The van der Waals surface area contributed by atoms with Gasteiger partial charge in [-0.1, -0.05) is 17.5 Å². The molecule has 9 heteroatoms. The highest BCUT2D eigenvalue weighted by molar-refractivity contribution is 7.75. The molecule has 1 amide bonds. The molecule has 7 nitrogen and oxygen atoms in total. The van der Waals surface area contributed by atoms with Crippen LogP contribution in [0.3, 0.4) is 0 Å². The highest BCUT2D eigenvalue weighted by Crippen LogP contribution is 2.47. The van der Waals surface area contributed by atoms with Crippen LogP contribution in [0.4, 0.5) is 0 Å². The molecule has 0 aliphatic heterocycles. The summed E-state index contributed by atoms with van der Waals surface area (Å²) in [5, 5.41) is 13.9. The highest BCUT2D eigenvalue weighted by atomic mass is 35.5. The van der Waals surface area contributed by atoms with Gasteiger partial charge in [0, 0.05) is 56.8 Å². The summed E-state index contributed by atoms with van der Waals surface area (Å²) in [6.45, 7) is 1.98. The SMILES string of the molecule is C#Cc1cc(C)cc(P(=O)(OC)c2c(C(=O)NCc3ccc[n+](O)c3)[nH]c3ccc(Cl)cc23)c1. The maximum atomic E-state index is 14.5. The fourth-order valence-electron chi connectivity index (χ4n) is 3.85. The number of terminal acetylenes is 1. The second-order valence-electron chi connectivity index (χ2n) is 7.75. The molecule has 2 aromatic carbocycles. The minimum atomic E-state index is -3.77. The van der Waals surface area contributed by atoms with E-state index in [-0.39, 0.29) is 17.5 Å². The van der Waals surface area contributed by atoms with E-state index in [4.69, 9.17) is 22.5 Å². The van der Waals surface area contributed by atoms with E-state index < -0.39 is 13.3 Å². The number of fused-ring (bicyclic) bond motifs is 1. The number of hydrogen-bond acceptors (Lipinski definition) is 4. The Bertz CT molecular complexity index is 1510. The number of H-pyrrole nitrogens is 1. The van der Waals surface area contributed by atoms with Crippen LogP contribution in [-0.4, -0.2) is 23.2 Å². The van der Waals surface area contributed by atoms with Crippen LogP contribution in [0, 0.1) is 19.3 Å². The third-order valence-electron chi connectivity index (χ3n) is 5.38. The van der Waals surface area contributed by atoms with Gasteiger partial charge in [-0.3, -0.25) is 14.6 Å². The minimum absolute atomic E-state index is 0.0963. The van der Waals surface area contributed by atoms with Gasteiger partial charge in [0.1, 0.15) is 5.69 Å². The van der Waals surface area contributed by atoms with Gasteiger partial charge < -0.3 is 14.8 Å². The summed E-state index contributed by atoms with van der Waals surface area (Å²) in [7, 11) is -2.43. The molecule has 0 fully saturated rings. The maximum absolute atomic E-state index is 14.5. The van der Waals surface area contributed by atoms with Crippen molar-refractivity contribution in [2.75, 3.05) is 7.11 Å². The average Bonchev–Trinajstić information content (AvgIpc) is 3.21. The fraction of sp³-hybridized carbons (Fsp3) is 0.120. The van der Waals surface area contributed by atoms with Crippen LogP contribution in [0.1, 0.15) is 27.2 Å². The van der Waals surface area contributed by atoms with Crippen molar-refractivity contribution in [2.24, 2.45) is 0 Å². The summed E-state index contributed by atoms with van der Waals surface area (Å²) in [5.74, 6) is 2.08. The number of aromatic amines is 1. The number of halogens is 1. The van der Waals surface area contributed by atoms with Crippen molar-refractivity contribution in [3.63, 3.8) is 0 Å². The lowest BCUT2D eigenvalue weighted by atomic mass is 10.1. The van der Waals surface area contributed by atoms with Gasteiger partial charge in [-0.15, -0.1) is 6.42 Å². The van der Waals surface area contributed by atoms with E-state index in [1.165, 1.54) is 19.5 Å². The van der Waals surface area contributed by atoms with Gasteiger partial charge in [-0.05, 0) is 55.0 Å². The average molecular weight is 495 g/mol. The van der Waals surface area contributed by atoms with Crippen molar-refractivity contribution in [3.05, 3.63) is 88.3 Å². The van der Waals surface area contributed by atoms with E-state index in [9.17, 15) is 14.6 Å². The highest BCUT2D eigenvalue weighted by Gasteiger charge is 2.36. The van der Waals surface area contributed by atoms with Crippen molar-refractivity contribution in [1.82, 2.24) is 10.3 Å². The Labute approximate surface area is 201 Å². The second kappa shape index (κ2) is 9.36. The second-order valence-corrected chi connectivity index (χ2v) is 10.6. The van der Waals surface area contributed by atoms with E-state index in [2.05, 4.69) is 16.2 Å². The number of amides is 1. The molecule has 4 rings (SSSR count). The maximum Gasteiger partial charge on any atom is 0.268 e. The van der Waals surface area contributed by atoms with Gasteiger partial charge >= 0.3 is 0 Å². The van der Waals surface area contributed by atoms with Crippen LogP contribution in [-0.2, 0) is 15.6 Å². The van der Waals surface area contributed by atoms with Crippen molar-refractivity contribution in [3.8, 4) is 12.3 Å². The van der Waals surface area contributed by atoms with Crippen molar-refractivity contribution in [1.29, 1.82) is 0 Å². The molecule has 172 valence electrons. The Hall–Kier alpha value is -3.56. The lowest BCUT2D eigenvalue weighted by Gasteiger charge is -2.19. The van der Waals surface area contributed by atoms with Gasteiger partial charge in [0.05, 0.1) is 5.30 Å². The third kappa shape index (κ3) is 4.44. The molecule has 3 N–H and O–H groups in total. The molecule has 0 saturated heterocycles. The number of hydrogen-bond donors (Lipinski definition) is 3. The van der Waals surface area contributed by atoms with Gasteiger partial charge in [0.2, 0.25) is 12.4 Å².